The summed E-state index contributed by atoms with van der Waals surface area (Å²) in [6.07, 6.45) is 7.43. The zero-order valence-electron chi connectivity index (χ0n) is 16.9. The highest BCUT2D eigenvalue weighted by Crippen LogP contribution is 2.38. The summed E-state index contributed by atoms with van der Waals surface area (Å²) in [4.78, 5) is 27.6. The first-order valence-electron chi connectivity index (χ1n) is 10.7. The van der Waals surface area contributed by atoms with Crippen molar-refractivity contribution in [3.8, 4) is 0 Å². The number of rotatable bonds is 4. The van der Waals surface area contributed by atoms with Gasteiger partial charge in [0.2, 0.25) is 11.8 Å². The number of hydrogen-bond donors (Lipinski definition) is 1. The summed E-state index contributed by atoms with van der Waals surface area (Å²) in [6, 6.07) is 11.4. The lowest BCUT2D eigenvalue weighted by Gasteiger charge is -2.31. The maximum absolute atomic E-state index is 13.6. The average Bonchev–Trinajstić information content (AvgIpc) is 2.89. The molecule has 1 heterocycles. The number of halogens is 2. The second-order valence-electron chi connectivity index (χ2n) is 8.30. The number of nitrogens with one attached hydrogen (secondary N) is 1. The van der Waals surface area contributed by atoms with Crippen LogP contribution in [-0.4, -0.2) is 23.3 Å². The van der Waals surface area contributed by atoms with Crippen molar-refractivity contribution in [3.63, 3.8) is 0 Å². The Morgan fingerprint density at radius 1 is 1.10 bits per heavy atom. The standard InChI is InChI=1S/C24H26BrFN2O2/c25-18-9-12-21-20(14-18)24(17-7-10-19(26)11-8-17)28(15-22(29)27-21)23(30)13-6-16-4-2-1-3-5-16/h7-12,14,16,24H,1-6,13,15H2,(H,27,29)/t24-/m0/s1. The number of hydrogen-bond acceptors (Lipinski definition) is 2. The normalized spacial score (nSPS) is 19.7. The molecule has 0 spiro atoms. The smallest absolute Gasteiger partial charge is 0.244 e. The fourth-order valence-corrected chi connectivity index (χ4v) is 5.04. The molecule has 0 unspecified atom stereocenters. The van der Waals surface area contributed by atoms with Gasteiger partial charge in [-0.2, -0.15) is 0 Å². The van der Waals surface area contributed by atoms with Crippen LogP contribution in [0.25, 0.3) is 0 Å². The van der Waals surface area contributed by atoms with Crippen LogP contribution in [0.4, 0.5) is 10.1 Å². The molecule has 2 aromatic carbocycles. The molecular formula is C24H26BrFN2O2. The topological polar surface area (TPSA) is 49.4 Å². The van der Waals surface area contributed by atoms with E-state index in [1.165, 1.54) is 44.2 Å². The Morgan fingerprint density at radius 3 is 2.57 bits per heavy atom. The summed E-state index contributed by atoms with van der Waals surface area (Å²) in [6.45, 7) is -0.0160. The first-order valence-corrected chi connectivity index (χ1v) is 11.4. The van der Waals surface area contributed by atoms with Gasteiger partial charge in [-0.3, -0.25) is 9.59 Å². The Hall–Kier alpha value is -2.21. The molecule has 6 heteroatoms. The molecule has 1 fully saturated rings. The summed E-state index contributed by atoms with van der Waals surface area (Å²) in [5, 5.41) is 2.92. The van der Waals surface area contributed by atoms with E-state index in [-0.39, 0.29) is 24.2 Å². The van der Waals surface area contributed by atoms with Crippen molar-refractivity contribution in [2.24, 2.45) is 5.92 Å². The van der Waals surface area contributed by atoms with Gasteiger partial charge in [0.1, 0.15) is 12.4 Å². The van der Waals surface area contributed by atoms with Gasteiger partial charge < -0.3 is 10.2 Å². The molecule has 2 amide bonds. The fourth-order valence-electron chi connectivity index (χ4n) is 4.66. The first kappa shape index (κ1) is 21.0. The summed E-state index contributed by atoms with van der Waals surface area (Å²) >= 11 is 3.51. The van der Waals surface area contributed by atoms with E-state index in [0.29, 0.717) is 18.0 Å². The molecule has 2 aromatic rings. The second kappa shape index (κ2) is 9.29. The quantitative estimate of drug-likeness (QED) is 0.609. The monoisotopic (exact) mass is 472 g/mol. The second-order valence-corrected chi connectivity index (χ2v) is 9.21. The molecule has 4 nitrogen and oxygen atoms in total. The number of carbonyl (C=O) groups is 2. The van der Waals surface area contributed by atoms with Crippen LogP contribution in [0.15, 0.2) is 46.9 Å². The van der Waals surface area contributed by atoms with Crippen molar-refractivity contribution in [1.82, 2.24) is 4.90 Å². The van der Waals surface area contributed by atoms with E-state index in [0.717, 1.165) is 22.0 Å². The molecule has 1 aliphatic heterocycles. The summed E-state index contributed by atoms with van der Waals surface area (Å²) in [7, 11) is 0. The van der Waals surface area contributed by atoms with Gasteiger partial charge in [0.25, 0.3) is 0 Å². The molecule has 1 atom stereocenters. The highest BCUT2D eigenvalue weighted by Gasteiger charge is 2.33. The lowest BCUT2D eigenvalue weighted by Crippen LogP contribution is -2.39. The summed E-state index contributed by atoms with van der Waals surface area (Å²) in [5.41, 5.74) is 2.30. The minimum atomic E-state index is -0.448. The zero-order chi connectivity index (χ0) is 21.1. The van der Waals surface area contributed by atoms with Gasteiger partial charge in [-0.1, -0.05) is 60.2 Å². The van der Waals surface area contributed by atoms with Gasteiger partial charge in [-0.25, -0.2) is 4.39 Å². The highest BCUT2D eigenvalue weighted by molar-refractivity contribution is 9.10. The van der Waals surface area contributed by atoms with Crippen LogP contribution in [0.1, 0.15) is 62.1 Å². The number of benzene rings is 2. The van der Waals surface area contributed by atoms with Crippen LogP contribution < -0.4 is 5.32 Å². The van der Waals surface area contributed by atoms with Gasteiger partial charge in [0, 0.05) is 22.1 Å². The molecule has 1 saturated carbocycles. The summed E-state index contributed by atoms with van der Waals surface area (Å²) in [5.74, 6) is 0.0208. The van der Waals surface area contributed by atoms with Crippen molar-refractivity contribution < 1.29 is 14.0 Å². The number of amides is 2. The molecule has 2 aliphatic rings. The molecule has 1 N–H and O–H groups in total. The van der Waals surface area contributed by atoms with Crippen molar-refractivity contribution in [1.29, 1.82) is 0 Å². The Morgan fingerprint density at radius 2 is 1.83 bits per heavy atom. The van der Waals surface area contributed by atoms with E-state index in [9.17, 15) is 14.0 Å². The lowest BCUT2D eigenvalue weighted by molar-refractivity contribution is -0.136. The minimum Gasteiger partial charge on any atom is -0.324 e. The van der Waals surface area contributed by atoms with Gasteiger partial charge in [0.05, 0.1) is 6.04 Å². The average molecular weight is 473 g/mol. The number of fused-ring (bicyclic) bond motifs is 1. The molecule has 1 aliphatic carbocycles. The maximum Gasteiger partial charge on any atom is 0.244 e. The van der Waals surface area contributed by atoms with Crippen LogP contribution in [0, 0.1) is 11.7 Å². The van der Waals surface area contributed by atoms with E-state index in [4.69, 9.17) is 0 Å². The van der Waals surface area contributed by atoms with Crippen LogP contribution in [0.5, 0.6) is 0 Å². The molecular weight excluding hydrogens is 447 g/mol. The Balaban J connectivity index is 1.67. The van der Waals surface area contributed by atoms with Crippen molar-refractivity contribution in [3.05, 3.63) is 63.9 Å². The summed E-state index contributed by atoms with van der Waals surface area (Å²) < 4.78 is 14.4. The predicted molar refractivity (Wildman–Crippen MR) is 119 cm³/mol. The third-order valence-corrected chi connectivity index (χ3v) is 6.70. The van der Waals surface area contributed by atoms with E-state index in [1.54, 1.807) is 17.0 Å². The fraction of sp³-hybridized carbons (Fsp3) is 0.417. The van der Waals surface area contributed by atoms with Gasteiger partial charge in [-0.15, -0.1) is 0 Å². The third kappa shape index (κ3) is 4.75. The van der Waals surface area contributed by atoms with Crippen molar-refractivity contribution in [2.75, 3.05) is 11.9 Å². The number of anilines is 1. The van der Waals surface area contributed by atoms with Crippen molar-refractivity contribution in [2.45, 2.75) is 51.0 Å². The van der Waals surface area contributed by atoms with Gasteiger partial charge in [-0.05, 0) is 48.2 Å². The molecule has 0 radical (unpaired) electrons. The molecule has 0 aromatic heterocycles. The minimum absolute atomic E-state index is 0.0160. The third-order valence-electron chi connectivity index (χ3n) is 6.21. The molecule has 0 saturated heterocycles. The number of carbonyl (C=O) groups excluding carboxylic acids is 2. The largest absolute Gasteiger partial charge is 0.324 e. The number of nitrogens with zero attached hydrogens (tertiary/aromatic N) is 1. The maximum atomic E-state index is 13.6. The molecule has 0 bridgehead atoms. The molecule has 4 rings (SSSR count). The van der Waals surface area contributed by atoms with Gasteiger partial charge in [0.15, 0.2) is 0 Å². The molecule has 158 valence electrons. The van der Waals surface area contributed by atoms with E-state index >= 15 is 0 Å². The Bertz CT molecular complexity index is 925. The van der Waals surface area contributed by atoms with Crippen molar-refractivity contribution >= 4 is 33.4 Å². The van der Waals surface area contributed by atoms with Crippen LogP contribution in [0.2, 0.25) is 0 Å². The zero-order valence-corrected chi connectivity index (χ0v) is 18.5. The Labute approximate surface area is 185 Å². The molecule has 30 heavy (non-hydrogen) atoms. The van der Waals surface area contributed by atoms with Crippen LogP contribution >= 0.6 is 15.9 Å². The van der Waals surface area contributed by atoms with Gasteiger partial charge >= 0.3 is 0 Å². The van der Waals surface area contributed by atoms with Crippen LogP contribution in [0.3, 0.4) is 0 Å². The highest BCUT2D eigenvalue weighted by atomic mass is 79.9. The SMILES string of the molecule is O=C1CN(C(=O)CCC2CCCCC2)[C@@H](c2ccc(F)cc2)c2cc(Br)ccc2N1. The Kier molecular flexibility index (Phi) is 6.52. The van der Waals surface area contributed by atoms with E-state index in [1.807, 2.05) is 18.2 Å². The predicted octanol–water partition coefficient (Wildman–Crippen LogP) is 5.82. The van der Waals surface area contributed by atoms with Crippen LogP contribution in [-0.2, 0) is 9.59 Å². The lowest BCUT2D eigenvalue weighted by atomic mass is 9.86. The first-order chi connectivity index (χ1) is 14.5. The van der Waals surface area contributed by atoms with E-state index < -0.39 is 6.04 Å². The van der Waals surface area contributed by atoms with E-state index in [2.05, 4.69) is 21.2 Å².